The topological polar surface area (TPSA) is 46.5 Å². The molecule has 0 aromatic rings. The summed E-state index contributed by atoms with van der Waals surface area (Å²) in [6, 6.07) is 0. The highest BCUT2D eigenvalue weighted by Crippen LogP contribution is 2.18. The molecule has 0 bridgehead atoms. The van der Waals surface area contributed by atoms with Gasteiger partial charge in [-0.05, 0) is 25.3 Å². The predicted octanol–water partition coefficient (Wildman–Crippen LogP) is 1.99. The van der Waals surface area contributed by atoms with E-state index in [-0.39, 0.29) is 12.3 Å². The molecule has 0 saturated heterocycles. The highest BCUT2D eigenvalue weighted by Gasteiger charge is 2.01. The SMILES string of the molecule is O=NCC(=O)/C=C/C1=CCCC1. The Labute approximate surface area is 71.1 Å². The first-order valence-corrected chi connectivity index (χ1v) is 4.02. The minimum Gasteiger partial charge on any atom is -0.293 e. The largest absolute Gasteiger partial charge is 0.293 e. The molecule has 1 rings (SSSR count). The van der Waals surface area contributed by atoms with Gasteiger partial charge >= 0.3 is 0 Å². The molecule has 3 nitrogen and oxygen atoms in total. The van der Waals surface area contributed by atoms with Crippen molar-refractivity contribution in [1.29, 1.82) is 0 Å². The average molecular weight is 165 g/mol. The van der Waals surface area contributed by atoms with E-state index >= 15 is 0 Å². The average Bonchev–Trinajstić information content (AvgIpc) is 2.53. The molecule has 1 aliphatic rings. The highest BCUT2D eigenvalue weighted by molar-refractivity contribution is 5.91. The molecule has 0 radical (unpaired) electrons. The fraction of sp³-hybridized carbons (Fsp3) is 0.444. The molecule has 0 N–H and O–H groups in total. The van der Waals surface area contributed by atoms with E-state index in [0.717, 1.165) is 12.8 Å². The van der Waals surface area contributed by atoms with Crippen LogP contribution in [0.3, 0.4) is 0 Å². The van der Waals surface area contributed by atoms with Gasteiger partial charge in [-0.15, -0.1) is 0 Å². The third kappa shape index (κ3) is 2.78. The number of rotatable bonds is 4. The zero-order valence-corrected chi connectivity index (χ0v) is 6.82. The van der Waals surface area contributed by atoms with Crippen LogP contribution in [-0.4, -0.2) is 12.3 Å². The molecule has 0 aromatic carbocycles. The molecule has 0 heterocycles. The van der Waals surface area contributed by atoms with E-state index in [1.807, 2.05) is 0 Å². The lowest BCUT2D eigenvalue weighted by atomic mass is 10.2. The molecule has 0 fully saturated rings. The molecule has 0 aliphatic heterocycles. The lowest BCUT2D eigenvalue weighted by molar-refractivity contribution is -0.113. The maximum Gasteiger partial charge on any atom is 0.180 e. The summed E-state index contributed by atoms with van der Waals surface area (Å²) in [5.41, 5.74) is 1.19. The van der Waals surface area contributed by atoms with E-state index in [0.29, 0.717) is 0 Å². The van der Waals surface area contributed by atoms with Gasteiger partial charge in [0.1, 0.15) is 6.54 Å². The van der Waals surface area contributed by atoms with E-state index in [1.54, 1.807) is 6.08 Å². The molecule has 12 heavy (non-hydrogen) atoms. The minimum atomic E-state index is -0.246. The van der Waals surface area contributed by atoms with Crippen LogP contribution in [-0.2, 0) is 4.79 Å². The number of allylic oxidation sites excluding steroid dienone is 3. The first kappa shape index (κ1) is 8.84. The second-order valence-corrected chi connectivity index (χ2v) is 2.76. The van der Waals surface area contributed by atoms with Crippen LogP contribution in [0.25, 0.3) is 0 Å². The van der Waals surface area contributed by atoms with Gasteiger partial charge < -0.3 is 0 Å². The van der Waals surface area contributed by atoms with Crippen LogP contribution >= 0.6 is 0 Å². The number of nitrogens with zero attached hydrogens (tertiary/aromatic N) is 1. The van der Waals surface area contributed by atoms with Crippen molar-refractivity contribution in [2.24, 2.45) is 5.18 Å². The van der Waals surface area contributed by atoms with Crippen molar-refractivity contribution in [3.8, 4) is 0 Å². The smallest absolute Gasteiger partial charge is 0.180 e. The molecule has 0 unspecified atom stereocenters. The van der Waals surface area contributed by atoms with Crippen molar-refractivity contribution in [3.05, 3.63) is 28.7 Å². The van der Waals surface area contributed by atoms with Crippen molar-refractivity contribution >= 4 is 5.78 Å². The van der Waals surface area contributed by atoms with Crippen molar-refractivity contribution < 1.29 is 4.79 Å². The second kappa shape index (κ2) is 4.59. The Bertz CT molecular complexity index is 241. The standard InChI is InChI=1S/C9H11NO2/c11-9(7-10-12)6-5-8-3-1-2-4-8/h3,5-6H,1-2,4,7H2/b6-5+. The van der Waals surface area contributed by atoms with E-state index in [1.165, 1.54) is 18.1 Å². The summed E-state index contributed by atoms with van der Waals surface area (Å²) in [5.74, 6) is -0.224. The molecule has 0 aromatic heterocycles. The maximum absolute atomic E-state index is 10.8. The number of hydrogen-bond acceptors (Lipinski definition) is 3. The summed E-state index contributed by atoms with van der Waals surface area (Å²) < 4.78 is 0. The Morgan fingerprint density at radius 3 is 3.08 bits per heavy atom. The zero-order valence-electron chi connectivity index (χ0n) is 6.82. The Kier molecular flexibility index (Phi) is 3.38. The Morgan fingerprint density at radius 1 is 1.67 bits per heavy atom. The number of ketones is 1. The number of nitroso groups, excluding NO2 is 1. The third-order valence-corrected chi connectivity index (χ3v) is 1.78. The van der Waals surface area contributed by atoms with Crippen molar-refractivity contribution in [2.45, 2.75) is 19.3 Å². The number of carbonyl (C=O) groups excluding carboxylic acids is 1. The summed E-state index contributed by atoms with van der Waals surface area (Å²) >= 11 is 0. The zero-order chi connectivity index (χ0) is 8.81. The lowest BCUT2D eigenvalue weighted by Gasteiger charge is -1.88. The summed E-state index contributed by atoms with van der Waals surface area (Å²) in [6.07, 6.45) is 8.62. The molecule has 0 spiro atoms. The predicted molar refractivity (Wildman–Crippen MR) is 46.7 cm³/mol. The third-order valence-electron chi connectivity index (χ3n) is 1.78. The van der Waals surface area contributed by atoms with Gasteiger partial charge in [-0.25, -0.2) is 0 Å². The molecule has 0 saturated carbocycles. The molecule has 0 amide bonds. The van der Waals surface area contributed by atoms with E-state index in [2.05, 4.69) is 11.3 Å². The molecule has 3 heteroatoms. The monoisotopic (exact) mass is 165 g/mol. The minimum absolute atomic E-state index is 0.224. The summed E-state index contributed by atoms with van der Waals surface area (Å²) in [6.45, 7) is -0.246. The lowest BCUT2D eigenvalue weighted by Crippen LogP contribution is -1.95. The van der Waals surface area contributed by atoms with Crippen LogP contribution < -0.4 is 0 Å². The van der Waals surface area contributed by atoms with Crippen LogP contribution in [0, 0.1) is 4.91 Å². The van der Waals surface area contributed by atoms with E-state index < -0.39 is 0 Å². The molecule has 1 aliphatic carbocycles. The number of carbonyl (C=O) groups is 1. The first-order valence-electron chi connectivity index (χ1n) is 4.02. The number of hydrogen-bond donors (Lipinski definition) is 0. The highest BCUT2D eigenvalue weighted by atomic mass is 16.3. The summed E-state index contributed by atoms with van der Waals surface area (Å²) in [7, 11) is 0. The first-order chi connectivity index (χ1) is 5.83. The van der Waals surface area contributed by atoms with Gasteiger partial charge in [0, 0.05) is 0 Å². The van der Waals surface area contributed by atoms with Gasteiger partial charge in [-0.2, -0.15) is 4.91 Å². The summed E-state index contributed by atoms with van der Waals surface area (Å²) in [4.78, 5) is 20.5. The fourth-order valence-electron chi connectivity index (χ4n) is 1.16. The van der Waals surface area contributed by atoms with Crippen molar-refractivity contribution in [3.63, 3.8) is 0 Å². The molecule has 64 valence electrons. The van der Waals surface area contributed by atoms with Crippen LogP contribution in [0.5, 0.6) is 0 Å². The van der Waals surface area contributed by atoms with Gasteiger partial charge in [-0.3, -0.25) is 4.79 Å². The molecular formula is C9H11NO2. The van der Waals surface area contributed by atoms with Crippen LogP contribution in [0.2, 0.25) is 0 Å². The van der Waals surface area contributed by atoms with E-state index in [9.17, 15) is 9.70 Å². The quantitative estimate of drug-likeness (QED) is 0.472. The van der Waals surface area contributed by atoms with Crippen LogP contribution in [0.15, 0.2) is 29.0 Å². The van der Waals surface area contributed by atoms with Gasteiger partial charge in [0.2, 0.25) is 0 Å². The molecular weight excluding hydrogens is 154 g/mol. The normalized spacial score (nSPS) is 16.5. The van der Waals surface area contributed by atoms with Crippen molar-refractivity contribution in [1.82, 2.24) is 0 Å². The van der Waals surface area contributed by atoms with Crippen LogP contribution in [0.1, 0.15) is 19.3 Å². The Morgan fingerprint density at radius 2 is 2.50 bits per heavy atom. The van der Waals surface area contributed by atoms with Gasteiger partial charge in [0.05, 0.1) is 0 Å². The van der Waals surface area contributed by atoms with Gasteiger partial charge in [0.25, 0.3) is 0 Å². The van der Waals surface area contributed by atoms with Gasteiger partial charge in [0.15, 0.2) is 5.78 Å². The Balaban J connectivity index is 2.38. The summed E-state index contributed by atoms with van der Waals surface area (Å²) in [5, 5.41) is 2.51. The van der Waals surface area contributed by atoms with E-state index in [4.69, 9.17) is 0 Å². The maximum atomic E-state index is 10.8. The fourth-order valence-corrected chi connectivity index (χ4v) is 1.16. The van der Waals surface area contributed by atoms with Crippen LogP contribution in [0.4, 0.5) is 0 Å². The molecule has 0 atom stereocenters. The van der Waals surface area contributed by atoms with Gasteiger partial charge in [-0.1, -0.05) is 22.9 Å². The Hall–Kier alpha value is -1.25. The second-order valence-electron chi connectivity index (χ2n) is 2.76. The van der Waals surface area contributed by atoms with Crippen molar-refractivity contribution in [2.75, 3.05) is 6.54 Å².